The van der Waals surface area contributed by atoms with Gasteiger partial charge in [-0.3, -0.25) is 4.98 Å². The minimum absolute atomic E-state index is 0.00119. The second kappa shape index (κ2) is 7.41. The van der Waals surface area contributed by atoms with Crippen LogP contribution in [0.1, 0.15) is 43.7 Å². The van der Waals surface area contributed by atoms with Crippen molar-refractivity contribution in [3.63, 3.8) is 0 Å². The lowest BCUT2D eigenvalue weighted by Gasteiger charge is -2.34. The molecule has 3 amide bonds. The van der Waals surface area contributed by atoms with Crippen LogP contribution in [0.4, 0.5) is 9.59 Å². The van der Waals surface area contributed by atoms with Gasteiger partial charge >= 0.3 is 12.1 Å². The number of likely N-dealkylation sites (tertiary alicyclic amines) is 1. The Morgan fingerprint density at radius 3 is 2.77 bits per heavy atom. The quantitative estimate of drug-likeness (QED) is 0.822. The number of aromatic nitrogens is 1. The number of amides is 3. The van der Waals surface area contributed by atoms with Crippen LogP contribution in [0.5, 0.6) is 0 Å². The van der Waals surface area contributed by atoms with Gasteiger partial charge in [0.25, 0.3) is 0 Å². The molecule has 2 unspecified atom stereocenters. The number of urea groups is 1. The van der Waals surface area contributed by atoms with E-state index < -0.39 is 5.60 Å². The number of nitrogens with zero attached hydrogens (tertiary/aromatic N) is 3. The summed E-state index contributed by atoms with van der Waals surface area (Å²) in [6, 6.07) is 1.98. The summed E-state index contributed by atoms with van der Waals surface area (Å²) in [5.74, 6) is 0.506. The zero-order chi connectivity index (χ0) is 20.8. The lowest BCUT2D eigenvalue weighted by atomic mass is 9.91. The van der Waals surface area contributed by atoms with E-state index in [0.29, 0.717) is 38.8 Å². The molecule has 5 rings (SSSR count). The normalized spacial score (nSPS) is 29.0. The van der Waals surface area contributed by atoms with Crippen LogP contribution in [0.3, 0.4) is 0 Å². The Labute approximate surface area is 176 Å². The van der Waals surface area contributed by atoms with Crippen LogP contribution in [-0.4, -0.2) is 65.4 Å². The molecule has 8 heteroatoms. The SMILES string of the molecule is CC1(OC(=O)N2CCC3(CC2)CC3CNC(=O)N2Cc3ccncc3C2)CCOC1. The molecule has 3 fully saturated rings. The van der Waals surface area contributed by atoms with Gasteiger partial charge in [0.2, 0.25) is 0 Å². The molecular weight excluding hydrogens is 384 g/mol. The molecular formula is C22H30N4O4. The third-order valence-corrected chi connectivity index (χ3v) is 7.41. The molecule has 0 radical (unpaired) electrons. The summed E-state index contributed by atoms with van der Waals surface area (Å²) in [7, 11) is 0. The molecule has 1 aromatic rings. The summed E-state index contributed by atoms with van der Waals surface area (Å²) < 4.78 is 11.1. The molecule has 4 aliphatic rings. The van der Waals surface area contributed by atoms with Crippen LogP contribution in [0.25, 0.3) is 0 Å². The number of carbonyl (C=O) groups excluding carboxylic acids is 2. The number of nitrogens with one attached hydrogen (secondary N) is 1. The first-order chi connectivity index (χ1) is 14.5. The van der Waals surface area contributed by atoms with E-state index in [2.05, 4.69) is 10.3 Å². The summed E-state index contributed by atoms with van der Waals surface area (Å²) in [6.07, 6.45) is 7.26. The molecule has 1 saturated carbocycles. The minimum Gasteiger partial charge on any atom is -0.441 e. The first-order valence-corrected chi connectivity index (χ1v) is 11.0. The van der Waals surface area contributed by atoms with Gasteiger partial charge in [0.1, 0.15) is 5.60 Å². The highest BCUT2D eigenvalue weighted by atomic mass is 16.6. The second-order valence-electron chi connectivity index (χ2n) is 9.56. The average molecular weight is 415 g/mol. The van der Waals surface area contributed by atoms with Gasteiger partial charge in [0.05, 0.1) is 13.2 Å². The Morgan fingerprint density at radius 1 is 1.23 bits per heavy atom. The van der Waals surface area contributed by atoms with Crippen LogP contribution in [0.2, 0.25) is 0 Å². The fraction of sp³-hybridized carbons (Fsp3) is 0.682. The van der Waals surface area contributed by atoms with Crippen molar-refractivity contribution in [1.29, 1.82) is 0 Å². The van der Waals surface area contributed by atoms with Crippen LogP contribution in [-0.2, 0) is 22.6 Å². The number of pyridine rings is 1. The number of fused-ring (bicyclic) bond motifs is 1. The fourth-order valence-electron chi connectivity index (χ4n) is 5.16. The number of rotatable bonds is 3. The monoisotopic (exact) mass is 414 g/mol. The number of carbonyl (C=O) groups is 2. The van der Waals surface area contributed by atoms with E-state index in [1.54, 1.807) is 6.20 Å². The van der Waals surface area contributed by atoms with Crippen LogP contribution in [0.15, 0.2) is 18.5 Å². The molecule has 1 spiro atoms. The number of hydrogen-bond acceptors (Lipinski definition) is 5. The van der Waals surface area contributed by atoms with Gasteiger partial charge in [-0.25, -0.2) is 9.59 Å². The average Bonchev–Trinajstić information content (AvgIpc) is 3.08. The highest BCUT2D eigenvalue weighted by Crippen LogP contribution is 2.59. The lowest BCUT2D eigenvalue weighted by Crippen LogP contribution is -2.44. The zero-order valence-electron chi connectivity index (χ0n) is 17.6. The summed E-state index contributed by atoms with van der Waals surface area (Å²) in [5.41, 5.74) is 2.11. The molecule has 30 heavy (non-hydrogen) atoms. The molecule has 4 heterocycles. The van der Waals surface area contributed by atoms with E-state index in [1.807, 2.05) is 29.0 Å². The summed E-state index contributed by atoms with van der Waals surface area (Å²) in [4.78, 5) is 32.9. The fourth-order valence-corrected chi connectivity index (χ4v) is 5.16. The Bertz CT molecular complexity index is 805. The highest BCUT2D eigenvalue weighted by Gasteiger charge is 2.55. The molecule has 2 saturated heterocycles. The minimum atomic E-state index is -0.482. The Hall–Kier alpha value is -2.35. The van der Waals surface area contributed by atoms with Gasteiger partial charge in [0.15, 0.2) is 0 Å². The lowest BCUT2D eigenvalue weighted by molar-refractivity contribution is -0.00955. The van der Waals surface area contributed by atoms with E-state index in [1.165, 1.54) is 5.56 Å². The van der Waals surface area contributed by atoms with Gasteiger partial charge in [0, 0.05) is 51.5 Å². The van der Waals surface area contributed by atoms with Crippen molar-refractivity contribution in [3.8, 4) is 0 Å². The van der Waals surface area contributed by atoms with Gasteiger partial charge in [-0.05, 0) is 54.7 Å². The van der Waals surface area contributed by atoms with E-state index in [9.17, 15) is 9.59 Å². The summed E-state index contributed by atoms with van der Waals surface area (Å²) in [6.45, 7) is 6.54. The first kappa shape index (κ1) is 19.6. The van der Waals surface area contributed by atoms with Crippen molar-refractivity contribution < 1.29 is 19.1 Å². The third kappa shape index (κ3) is 3.73. The van der Waals surface area contributed by atoms with E-state index in [-0.39, 0.29) is 17.5 Å². The van der Waals surface area contributed by atoms with E-state index in [4.69, 9.17) is 9.47 Å². The third-order valence-electron chi connectivity index (χ3n) is 7.41. The smallest absolute Gasteiger partial charge is 0.410 e. The first-order valence-electron chi connectivity index (χ1n) is 11.0. The molecule has 162 valence electrons. The maximum atomic E-state index is 12.6. The van der Waals surface area contributed by atoms with Crippen molar-refractivity contribution in [3.05, 3.63) is 29.6 Å². The Morgan fingerprint density at radius 2 is 2.03 bits per heavy atom. The number of piperidine rings is 1. The van der Waals surface area contributed by atoms with Crippen molar-refractivity contribution in [2.45, 2.75) is 51.3 Å². The van der Waals surface area contributed by atoms with Gasteiger partial charge in [-0.15, -0.1) is 0 Å². The molecule has 1 aliphatic carbocycles. The predicted octanol–water partition coefficient (Wildman–Crippen LogP) is 2.52. The van der Waals surface area contributed by atoms with Crippen LogP contribution >= 0.6 is 0 Å². The molecule has 8 nitrogen and oxygen atoms in total. The summed E-state index contributed by atoms with van der Waals surface area (Å²) >= 11 is 0. The van der Waals surface area contributed by atoms with E-state index >= 15 is 0 Å². The summed E-state index contributed by atoms with van der Waals surface area (Å²) in [5, 5.41) is 3.13. The largest absolute Gasteiger partial charge is 0.441 e. The standard InChI is InChI=1S/C22H30N4O4/c1-21(5-9-29-15-21)30-20(28)25-7-3-22(4-8-25)10-18(22)12-24-19(27)26-13-16-2-6-23-11-17(16)14-26/h2,6,11,18H,3-5,7-10,12-15H2,1H3,(H,24,27). The second-order valence-corrected chi connectivity index (χ2v) is 9.56. The van der Waals surface area contributed by atoms with Crippen LogP contribution in [0, 0.1) is 11.3 Å². The van der Waals surface area contributed by atoms with Crippen molar-refractivity contribution in [1.82, 2.24) is 20.1 Å². The van der Waals surface area contributed by atoms with Gasteiger partial charge in [-0.1, -0.05) is 0 Å². The molecule has 0 bridgehead atoms. The maximum absolute atomic E-state index is 12.6. The van der Waals surface area contributed by atoms with Gasteiger partial charge < -0.3 is 24.6 Å². The molecule has 1 aromatic heterocycles. The topological polar surface area (TPSA) is 84.0 Å². The van der Waals surface area contributed by atoms with Crippen molar-refractivity contribution in [2.24, 2.45) is 11.3 Å². The van der Waals surface area contributed by atoms with Gasteiger partial charge in [-0.2, -0.15) is 0 Å². The molecule has 0 aromatic carbocycles. The molecule has 1 N–H and O–H groups in total. The van der Waals surface area contributed by atoms with Crippen LogP contribution < -0.4 is 5.32 Å². The highest BCUT2D eigenvalue weighted by molar-refractivity contribution is 5.75. The molecule has 3 aliphatic heterocycles. The number of ether oxygens (including phenoxy) is 2. The zero-order valence-corrected chi connectivity index (χ0v) is 17.6. The Kier molecular flexibility index (Phi) is 4.84. The predicted molar refractivity (Wildman–Crippen MR) is 109 cm³/mol. The van der Waals surface area contributed by atoms with Crippen molar-refractivity contribution in [2.75, 3.05) is 32.8 Å². The Balaban J connectivity index is 1.05. The van der Waals surface area contributed by atoms with E-state index in [0.717, 1.165) is 44.3 Å². The van der Waals surface area contributed by atoms with Crippen molar-refractivity contribution >= 4 is 12.1 Å². The number of hydrogen-bond donors (Lipinski definition) is 1. The molecule has 2 atom stereocenters. The maximum Gasteiger partial charge on any atom is 0.410 e.